The summed E-state index contributed by atoms with van der Waals surface area (Å²) >= 11 is 0. The van der Waals surface area contributed by atoms with Crippen molar-refractivity contribution in [3.8, 4) is 17.0 Å². The molecule has 0 spiro atoms. The first-order chi connectivity index (χ1) is 15.7. The average molecular weight is 456 g/mol. The highest BCUT2D eigenvalue weighted by Gasteiger charge is 2.21. The van der Waals surface area contributed by atoms with Gasteiger partial charge in [-0.1, -0.05) is 11.4 Å². The number of aromatic nitrogens is 2. The Kier molecular flexibility index (Phi) is 7.39. The van der Waals surface area contributed by atoms with Gasteiger partial charge in [-0.3, -0.25) is 14.8 Å². The number of pyridine rings is 2. The van der Waals surface area contributed by atoms with E-state index in [-0.39, 0.29) is 40.3 Å². The van der Waals surface area contributed by atoms with Crippen LogP contribution in [0.25, 0.3) is 11.3 Å². The molecular formula is C23H26F2N6O2. The molecule has 2 aromatic heterocycles. The lowest BCUT2D eigenvalue weighted by molar-refractivity contribution is 0.1000. The Labute approximate surface area is 190 Å². The number of amides is 1. The van der Waals surface area contributed by atoms with Gasteiger partial charge >= 0.3 is 0 Å². The van der Waals surface area contributed by atoms with Gasteiger partial charge in [0.1, 0.15) is 17.3 Å². The lowest BCUT2D eigenvalue weighted by Crippen LogP contribution is -2.37. The highest BCUT2D eigenvalue weighted by molar-refractivity contribution is 5.93. The number of carbonyl (C=O) groups excluding carboxylic acids is 1. The maximum Gasteiger partial charge on any atom is 0.250 e. The number of anilines is 3. The van der Waals surface area contributed by atoms with Gasteiger partial charge < -0.3 is 21.5 Å². The van der Waals surface area contributed by atoms with Crippen LogP contribution >= 0.6 is 0 Å². The van der Waals surface area contributed by atoms with E-state index in [0.29, 0.717) is 23.0 Å². The molecule has 10 heteroatoms. The number of nitrogens with one attached hydrogen (secondary N) is 1. The molecule has 3 rings (SSSR count). The van der Waals surface area contributed by atoms with E-state index >= 15 is 4.48 Å². The molecule has 8 nitrogen and oxygen atoms in total. The smallest absolute Gasteiger partial charge is 0.250 e. The second kappa shape index (κ2) is 10.2. The van der Waals surface area contributed by atoms with E-state index in [0.717, 1.165) is 0 Å². The van der Waals surface area contributed by atoms with Gasteiger partial charge in [0, 0.05) is 29.9 Å². The average Bonchev–Trinajstić information content (AvgIpc) is 2.81. The van der Waals surface area contributed by atoms with Crippen LogP contribution < -0.4 is 26.6 Å². The molecule has 1 amide bonds. The Hall–Kier alpha value is -3.79. The number of nitrogens with two attached hydrogens (primary N) is 2. The van der Waals surface area contributed by atoms with Crippen LogP contribution in [0.1, 0.15) is 30.6 Å². The Balaban J connectivity index is 2.11. The van der Waals surface area contributed by atoms with Gasteiger partial charge in [-0.2, -0.15) is 5.12 Å². The summed E-state index contributed by atoms with van der Waals surface area (Å²) in [6.45, 7) is 3.78. The molecule has 0 aliphatic rings. The minimum atomic E-state index is -0.741. The topological polar surface area (TPSA) is 119 Å². The molecule has 1 aromatic carbocycles. The number of carbonyl (C=O) groups is 1. The molecule has 33 heavy (non-hydrogen) atoms. The van der Waals surface area contributed by atoms with Crippen LogP contribution in [-0.2, 0) is 0 Å². The molecule has 2 atom stereocenters. The lowest BCUT2D eigenvalue weighted by Gasteiger charge is -2.25. The van der Waals surface area contributed by atoms with E-state index in [1.807, 2.05) is 13.8 Å². The van der Waals surface area contributed by atoms with Gasteiger partial charge in [0.05, 0.1) is 42.1 Å². The molecule has 3 aromatic rings. The van der Waals surface area contributed by atoms with Crippen LogP contribution in [0, 0.1) is 5.82 Å². The zero-order valence-corrected chi connectivity index (χ0v) is 18.5. The predicted molar refractivity (Wildman–Crippen MR) is 124 cm³/mol. The molecule has 2 heterocycles. The Morgan fingerprint density at radius 3 is 2.61 bits per heavy atom. The van der Waals surface area contributed by atoms with Crippen molar-refractivity contribution in [3.63, 3.8) is 0 Å². The van der Waals surface area contributed by atoms with E-state index in [1.165, 1.54) is 50.0 Å². The van der Waals surface area contributed by atoms with E-state index < -0.39 is 11.7 Å². The summed E-state index contributed by atoms with van der Waals surface area (Å²) in [5.74, 6) is -0.966. The number of benzene rings is 1. The zero-order valence-electron chi connectivity index (χ0n) is 18.5. The van der Waals surface area contributed by atoms with Crippen LogP contribution in [0.5, 0.6) is 5.75 Å². The Morgan fingerprint density at radius 1 is 1.24 bits per heavy atom. The highest BCUT2D eigenvalue weighted by Crippen LogP contribution is 2.36. The summed E-state index contributed by atoms with van der Waals surface area (Å²) in [5.41, 5.74) is 12.1. The van der Waals surface area contributed by atoms with Gasteiger partial charge in [-0.05, 0) is 37.6 Å². The fraction of sp³-hybridized carbons (Fsp3) is 0.261. The summed E-state index contributed by atoms with van der Waals surface area (Å²) in [5, 5.41) is 3.54. The molecule has 0 bridgehead atoms. The van der Waals surface area contributed by atoms with Crippen molar-refractivity contribution >= 4 is 23.0 Å². The number of primary amides is 1. The van der Waals surface area contributed by atoms with Gasteiger partial charge in [0.15, 0.2) is 0 Å². The molecular weight excluding hydrogens is 430 g/mol. The molecule has 0 fully saturated rings. The second-order valence-corrected chi connectivity index (χ2v) is 7.53. The normalized spacial score (nSPS) is 12.7. The summed E-state index contributed by atoms with van der Waals surface area (Å²) in [4.78, 5) is 19.7. The van der Waals surface area contributed by atoms with Gasteiger partial charge in [-0.25, -0.2) is 4.39 Å². The first kappa shape index (κ1) is 23.9. The minimum absolute atomic E-state index is 0.0319. The number of ether oxygens (including phenoxy) is 1. The number of hydrogen-bond donors (Lipinski definition) is 3. The number of rotatable bonds is 9. The van der Waals surface area contributed by atoms with Crippen molar-refractivity contribution < 1.29 is 18.4 Å². The summed E-state index contributed by atoms with van der Waals surface area (Å²) < 4.78 is 35.4. The fourth-order valence-corrected chi connectivity index (χ4v) is 3.31. The predicted octanol–water partition coefficient (Wildman–Crippen LogP) is 3.95. The van der Waals surface area contributed by atoms with Crippen molar-refractivity contribution in [1.29, 1.82) is 0 Å². The van der Waals surface area contributed by atoms with Crippen LogP contribution in [0.15, 0.2) is 48.9 Å². The largest absolute Gasteiger partial charge is 0.497 e. The molecule has 0 aliphatic heterocycles. The van der Waals surface area contributed by atoms with E-state index in [2.05, 4.69) is 15.3 Å². The SMILES string of the molecule is CC[C@@H](Nc1cnc(-c2ccc(OC)cc2F)cc1N(F)c1cncc(C(N)=O)c1)[C@H](C)N. The summed E-state index contributed by atoms with van der Waals surface area (Å²) in [7, 11) is 1.43. The summed E-state index contributed by atoms with van der Waals surface area (Å²) in [6.07, 6.45) is 4.58. The Morgan fingerprint density at radius 2 is 2.00 bits per heavy atom. The summed E-state index contributed by atoms with van der Waals surface area (Å²) in [6, 6.07) is 6.59. The van der Waals surface area contributed by atoms with Crippen LogP contribution in [0.4, 0.5) is 25.9 Å². The molecule has 174 valence electrons. The fourth-order valence-electron chi connectivity index (χ4n) is 3.31. The number of halogens is 2. The number of hydrogen-bond acceptors (Lipinski definition) is 7. The molecule has 0 unspecified atom stereocenters. The van der Waals surface area contributed by atoms with E-state index in [9.17, 15) is 9.18 Å². The van der Waals surface area contributed by atoms with Crippen molar-refractivity contribution in [3.05, 3.63) is 60.3 Å². The maximum absolute atomic E-state index is 15.7. The molecule has 0 saturated heterocycles. The zero-order chi connectivity index (χ0) is 24.1. The molecule has 5 N–H and O–H groups in total. The third-order valence-corrected chi connectivity index (χ3v) is 5.20. The molecule has 0 aliphatic carbocycles. The van der Waals surface area contributed by atoms with Crippen molar-refractivity contribution in [2.24, 2.45) is 11.5 Å². The third-order valence-electron chi connectivity index (χ3n) is 5.20. The van der Waals surface area contributed by atoms with Crippen LogP contribution in [0.3, 0.4) is 0 Å². The Bertz CT molecular complexity index is 1140. The minimum Gasteiger partial charge on any atom is -0.497 e. The monoisotopic (exact) mass is 456 g/mol. The van der Waals surface area contributed by atoms with Crippen molar-refractivity contribution in [1.82, 2.24) is 9.97 Å². The first-order valence-electron chi connectivity index (χ1n) is 10.3. The quantitative estimate of drug-likeness (QED) is 0.417. The van der Waals surface area contributed by atoms with Gasteiger partial charge in [0.2, 0.25) is 5.91 Å². The van der Waals surface area contributed by atoms with Crippen LogP contribution in [-0.4, -0.2) is 35.1 Å². The van der Waals surface area contributed by atoms with Gasteiger partial charge in [0.25, 0.3) is 0 Å². The van der Waals surface area contributed by atoms with Crippen LogP contribution in [0.2, 0.25) is 0 Å². The lowest BCUT2D eigenvalue weighted by atomic mass is 10.1. The van der Waals surface area contributed by atoms with Crippen molar-refractivity contribution in [2.45, 2.75) is 32.4 Å². The molecule has 0 radical (unpaired) electrons. The number of methoxy groups -OCH3 is 1. The van der Waals surface area contributed by atoms with Crippen molar-refractivity contribution in [2.75, 3.05) is 17.5 Å². The second-order valence-electron chi connectivity index (χ2n) is 7.53. The maximum atomic E-state index is 15.7. The van der Waals surface area contributed by atoms with E-state index in [1.54, 1.807) is 6.07 Å². The first-order valence-corrected chi connectivity index (χ1v) is 10.3. The molecule has 0 saturated carbocycles. The standard InChI is InChI=1S/C23H26F2N6O2/c1-4-19(13(2)26)30-21-12-29-20(17-6-5-16(33-3)8-18(17)24)9-22(21)31(25)15-7-14(23(27)32)10-28-11-15/h5-13,19,30H,4,26H2,1-3H3,(H2,27,32)/t13-,19+/m0/s1. The number of nitrogens with zero attached hydrogens (tertiary/aromatic N) is 3. The van der Waals surface area contributed by atoms with Gasteiger partial charge in [-0.15, -0.1) is 0 Å². The van der Waals surface area contributed by atoms with E-state index in [4.69, 9.17) is 16.2 Å². The highest BCUT2D eigenvalue weighted by atomic mass is 19.2. The third kappa shape index (κ3) is 5.35.